The molecule has 0 aliphatic heterocycles. The molecular weight excluding hydrogens is 342 g/mol. The lowest BCUT2D eigenvalue weighted by atomic mass is 9.96. The van der Waals surface area contributed by atoms with Crippen LogP contribution < -0.4 is 15.4 Å². The minimum Gasteiger partial charge on any atom is -0.457 e. The van der Waals surface area contributed by atoms with Gasteiger partial charge in [0, 0.05) is 31.4 Å². The molecule has 0 saturated heterocycles. The normalized spacial score (nSPS) is 14.9. The Morgan fingerprint density at radius 3 is 2.78 bits per heavy atom. The summed E-state index contributed by atoms with van der Waals surface area (Å²) < 4.78 is 5.89. The van der Waals surface area contributed by atoms with Gasteiger partial charge in [0.2, 0.25) is 5.95 Å². The third-order valence-electron chi connectivity index (χ3n) is 4.83. The molecule has 140 valence electrons. The molecule has 1 aromatic carbocycles. The van der Waals surface area contributed by atoms with Crippen LogP contribution in [0.3, 0.4) is 0 Å². The standard InChI is InChI=1S/C20H23N5O2/c1-21-19(26)18-12-15(9-10-22-18)27-14-7-8-16-17(11-14)25-20(24-16)23-13-5-3-2-4-6-13/h7-13H,2-6H2,1H3,(H,21,26)(H2,23,24,25). The van der Waals surface area contributed by atoms with Crippen LogP contribution in [0.1, 0.15) is 42.6 Å². The average molecular weight is 365 g/mol. The molecule has 2 aromatic heterocycles. The first-order valence-electron chi connectivity index (χ1n) is 9.33. The van der Waals surface area contributed by atoms with Crippen LogP contribution in [-0.4, -0.2) is 33.9 Å². The molecule has 3 aromatic rings. The van der Waals surface area contributed by atoms with Gasteiger partial charge in [-0.3, -0.25) is 9.78 Å². The minimum atomic E-state index is -0.247. The molecule has 0 bridgehead atoms. The zero-order valence-corrected chi connectivity index (χ0v) is 15.3. The summed E-state index contributed by atoms with van der Waals surface area (Å²) >= 11 is 0. The summed E-state index contributed by atoms with van der Waals surface area (Å²) in [7, 11) is 1.57. The summed E-state index contributed by atoms with van der Waals surface area (Å²) in [6.45, 7) is 0. The monoisotopic (exact) mass is 365 g/mol. The average Bonchev–Trinajstić information content (AvgIpc) is 3.10. The summed E-state index contributed by atoms with van der Waals surface area (Å²) in [5.41, 5.74) is 2.12. The molecule has 0 spiro atoms. The fourth-order valence-corrected chi connectivity index (χ4v) is 3.42. The van der Waals surface area contributed by atoms with Gasteiger partial charge < -0.3 is 20.4 Å². The topological polar surface area (TPSA) is 91.9 Å². The van der Waals surface area contributed by atoms with Crippen LogP contribution in [0, 0.1) is 0 Å². The number of amides is 1. The fourth-order valence-electron chi connectivity index (χ4n) is 3.42. The van der Waals surface area contributed by atoms with Crippen molar-refractivity contribution < 1.29 is 9.53 Å². The highest BCUT2D eigenvalue weighted by molar-refractivity contribution is 5.92. The van der Waals surface area contributed by atoms with Crippen LogP contribution in [-0.2, 0) is 0 Å². The molecule has 7 heteroatoms. The van der Waals surface area contributed by atoms with E-state index < -0.39 is 0 Å². The second kappa shape index (κ2) is 7.65. The Balaban J connectivity index is 1.50. The first-order valence-corrected chi connectivity index (χ1v) is 9.33. The first-order chi connectivity index (χ1) is 13.2. The molecular formula is C20H23N5O2. The Morgan fingerprint density at radius 1 is 1.15 bits per heavy atom. The van der Waals surface area contributed by atoms with Gasteiger partial charge in [-0.2, -0.15) is 0 Å². The van der Waals surface area contributed by atoms with Gasteiger partial charge in [0.1, 0.15) is 17.2 Å². The van der Waals surface area contributed by atoms with E-state index in [0.717, 1.165) is 17.0 Å². The molecule has 7 nitrogen and oxygen atoms in total. The van der Waals surface area contributed by atoms with Crippen molar-refractivity contribution in [3.05, 3.63) is 42.2 Å². The van der Waals surface area contributed by atoms with Gasteiger partial charge in [-0.25, -0.2) is 4.98 Å². The van der Waals surface area contributed by atoms with Crippen LogP contribution in [0.5, 0.6) is 11.5 Å². The number of ether oxygens (including phenoxy) is 1. The Morgan fingerprint density at radius 2 is 1.96 bits per heavy atom. The highest BCUT2D eigenvalue weighted by Gasteiger charge is 2.15. The number of carbonyl (C=O) groups excluding carboxylic acids is 1. The number of aromatic amines is 1. The maximum absolute atomic E-state index is 11.7. The van der Waals surface area contributed by atoms with Crippen LogP contribution in [0.15, 0.2) is 36.5 Å². The molecule has 1 saturated carbocycles. The number of rotatable bonds is 5. The Labute approximate surface area is 157 Å². The molecule has 1 aliphatic rings. The van der Waals surface area contributed by atoms with Gasteiger partial charge in [-0.05, 0) is 31.0 Å². The second-order valence-corrected chi connectivity index (χ2v) is 6.80. The Kier molecular flexibility index (Phi) is 4.91. The highest BCUT2D eigenvalue weighted by atomic mass is 16.5. The predicted molar refractivity (Wildman–Crippen MR) is 104 cm³/mol. The lowest BCUT2D eigenvalue weighted by Gasteiger charge is -2.22. The van der Waals surface area contributed by atoms with E-state index in [1.165, 1.54) is 32.1 Å². The number of hydrogen-bond acceptors (Lipinski definition) is 5. The van der Waals surface area contributed by atoms with E-state index >= 15 is 0 Å². The van der Waals surface area contributed by atoms with Gasteiger partial charge >= 0.3 is 0 Å². The van der Waals surface area contributed by atoms with Crippen LogP contribution in [0.4, 0.5) is 5.95 Å². The van der Waals surface area contributed by atoms with Crippen molar-refractivity contribution in [2.24, 2.45) is 0 Å². The third kappa shape index (κ3) is 4.02. The van der Waals surface area contributed by atoms with Gasteiger partial charge in [0.15, 0.2) is 0 Å². The van der Waals surface area contributed by atoms with Crippen LogP contribution in [0.25, 0.3) is 11.0 Å². The quantitative estimate of drug-likeness (QED) is 0.639. The highest BCUT2D eigenvalue weighted by Crippen LogP contribution is 2.27. The molecule has 1 amide bonds. The largest absolute Gasteiger partial charge is 0.457 e. The number of H-pyrrole nitrogens is 1. The summed E-state index contributed by atoms with van der Waals surface area (Å²) in [6.07, 6.45) is 7.83. The summed E-state index contributed by atoms with van der Waals surface area (Å²) in [4.78, 5) is 23.7. The second-order valence-electron chi connectivity index (χ2n) is 6.80. The van der Waals surface area contributed by atoms with Crippen molar-refractivity contribution in [3.8, 4) is 11.5 Å². The van der Waals surface area contributed by atoms with Crippen molar-refractivity contribution >= 4 is 22.9 Å². The number of benzene rings is 1. The molecule has 27 heavy (non-hydrogen) atoms. The van der Waals surface area contributed by atoms with E-state index in [0.29, 0.717) is 23.2 Å². The number of aromatic nitrogens is 3. The number of anilines is 1. The predicted octanol–water partition coefficient (Wildman–Crippen LogP) is 3.85. The van der Waals surface area contributed by atoms with Gasteiger partial charge in [0.25, 0.3) is 5.91 Å². The lowest BCUT2D eigenvalue weighted by Crippen LogP contribution is -2.22. The Hall–Kier alpha value is -3.09. The minimum absolute atomic E-state index is 0.247. The number of hydrogen-bond donors (Lipinski definition) is 3. The van der Waals surface area contributed by atoms with Crippen molar-refractivity contribution in [3.63, 3.8) is 0 Å². The van der Waals surface area contributed by atoms with E-state index in [-0.39, 0.29) is 5.91 Å². The van der Waals surface area contributed by atoms with Crippen molar-refractivity contribution in [1.82, 2.24) is 20.3 Å². The van der Waals surface area contributed by atoms with Crippen LogP contribution >= 0.6 is 0 Å². The number of nitrogens with zero attached hydrogens (tertiary/aromatic N) is 2. The summed E-state index contributed by atoms with van der Waals surface area (Å²) in [5.74, 6) is 1.79. The summed E-state index contributed by atoms with van der Waals surface area (Å²) in [5, 5.41) is 6.06. The molecule has 3 N–H and O–H groups in total. The van der Waals surface area contributed by atoms with E-state index in [1.807, 2.05) is 18.2 Å². The van der Waals surface area contributed by atoms with Crippen molar-refractivity contribution in [2.45, 2.75) is 38.1 Å². The molecule has 4 rings (SSSR count). The number of nitrogens with one attached hydrogen (secondary N) is 3. The summed E-state index contributed by atoms with van der Waals surface area (Å²) in [6, 6.07) is 9.54. The fraction of sp³-hybridized carbons (Fsp3) is 0.350. The molecule has 2 heterocycles. The molecule has 1 fully saturated rings. The van der Waals surface area contributed by atoms with E-state index in [1.54, 1.807) is 25.4 Å². The molecule has 0 atom stereocenters. The van der Waals surface area contributed by atoms with Gasteiger partial charge in [-0.15, -0.1) is 0 Å². The number of fused-ring (bicyclic) bond motifs is 1. The Bertz CT molecular complexity index is 946. The van der Waals surface area contributed by atoms with Crippen molar-refractivity contribution in [2.75, 3.05) is 12.4 Å². The maximum Gasteiger partial charge on any atom is 0.269 e. The number of carbonyl (C=O) groups is 1. The third-order valence-corrected chi connectivity index (χ3v) is 4.83. The van der Waals surface area contributed by atoms with Gasteiger partial charge in [0.05, 0.1) is 11.0 Å². The molecule has 1 aliphatic carbocycles. The van der Waals surface area contributed by atoms with Crippen LogP contribution in [0.2, 0.25) is 0 Å². The van der Waals surface area contributed by atoms with Crippen molar-refractivity contribution in [1.29, 1.82) is 0 Å². The first kappa shape index (κ1) is 17.3. The lowest BCUT2D eigenvalue weighted by molar-refractivity contribution is 0.0958. The zero-order valence-electron chi connectivity index (χ0n) is 15.3. The smallest absolute Gasteiger partial charge is 0.269 e. The molecule has 0 unspecified atom stereocenters. The maximum atomic E-state index is 11.7. The van der Waals surface area contributed by atoms with E-state index in [4.69, 9.17) is 4.74 Å². The van der Waals surface area contributed by atoms with E-state index in [2.05, 4.69) is 25.6 Å². The number of pyridine rings is 1. The number of imidazole rings is 1. The zero-order chi connectivity index (χ0) is 18.6. The molecule has 0 radical (unpaired) electrons. The van der Waals surface area contributed by atoms with E-state index in [9.17, 15) is 4.79 Å². The van der Waals surface area contributed by atoms with Gasteiger partial charge in [-0.1, -0.05) is 19.3 Å². The SMILES string of the molecule is CNC(=O)c1cc(Oc2ccc3nc(NC4CCCCC4)[nH]c3c2)ccn1.